The van der Waals surface area contributed by atoms with E-state index in [4.69, 9.17) is 4.42 Å². The van der Waals surface area contributed by atoms with Gasteiger partial charge in [0.15, 0.2) is 11.1 Å². The van der Waals surface area contributed by atoms with Crippen LogP contribution in [0, 0.1) is 27.7 Å². The van der Waals surface area contributed by atoms with Gasteiger partial charge in [0.05, 0.1) is 11.0 Å². The lowest BCUT2D eigenvalue weighted by molar-refractivity contribution is 0.483. The summed E-state index contributed by atoms with van der Waals surface area (Å²) >= 11 is 1.49. The normalized spacial score (nSPS) is 12.7. The van der Waals surface area contributed by atoms with Crippen LogP contribution in [0.3, 0.4) is 0 Å². The number of nitrogens with zero attached hydrogens (tertiary/aromatic N) is 2. The zero-order valence-corrected chi connectivity index (χ0v) is 40.0. The summed E-state index contributed by atoms with van der Waals surface area (Å²) in [7, 11) is -4.62. The SMILES string of the molecule is Cc1cccc(C)c1N(CCCSc1ccccc1)c1ccc2c(-c3ccccc3S(=O)(=O)O)c3ccc(=[N+](CCCSc4ccccc4)c4c(C)cc(S(=O)O)cc4C)cc-3oc2c1. The Balaban J connectivity index is 1.32. The molecule has 1 atom stereocenters. The monoisotopic (exact) mass is 939 g/mol. The zero-order chi connectivity index (χ0) is 45.7. The number of fused-ring (bicyclic) bond motifs is 2. The Morgan fingerprint density at radius 2 is 1.28 bits per heavy atom. The Hall–Kier alpha value is -5.47. The Bertz CT molecular complexity index is 3130. The van der Waals surface area contributed by atoms with Gasteiger partial charge >= 0.3 is 0 Å². The van der Waals surface area contributed by atoms with E-state index in [0.717, 1.165) is 75.6 Å². The molecule has 0 saturated heterocycles. The van der Waals surface area contributed by atoms with Crippen molar-refractivity contribution in [2.24, 2.45) is 0 Å². The third kappa shape index (κ3) is 10.5. The predicted octanol–water partition coefficient (Wildman–Crippen LogP) is 12.9. The van der Waals surface area contributed by atoms with E-state index < -0.39 is 21.2 Å². The van der Waals surface area contributed by atoms with E-state index in [-0.39, 0.29) is 4.90 Å². The van der Waals surface area contributed by atoms with Gasteiger partial charge in [-0.15, -0.1) is 23.5 Å². The van der Waals surface area contributed by atoms with Gasteiger partial charge in [-0.3, -0.25) is 4.55 Å². The zero-order valence-electron chi connectivity index (χ0n) is 36.7. The predicted molar refractivity (Wildman–Crippen MR) is 269 cm³/mol. The molecule has 2 N–H and O–H groups in total. The molecule has 0 spiro atoms. The highest BCUT2D eigenvalue weighted by molar-refractivity contribution is 7.99. The summed E-state index contributed by atoms with van der Waals surface area (Å²) in [5.74, 6) is 2.31. The molecule has 0 aromatic heterocycles. The summed E-state index contributed by atoms with van der Waals surface area (Å²) in [5.41, 5.74) is 9.20. The third-order valence-electron chi connectivity index (χ3n) is 11.5. The summed E-state index contributed by atoms with van der Waals surface area (Å²) in [4.78, 5) is 4.91. The second kappa shape index (κ2) is 20.4. The van der Waals surface area contributed by atoms with Crippen molar-refractivity contribution >= 4 is 72.8 Å². The Kier molecular flexibility index (Phi) is 14.4. The molecule has 332 valence electrons. The lowest BCUT2D eigenvalue weighted by atomic mass is 9.93. The second-order valence-corrected chi connectivity index (χ2v) is 20.7. The summed E-state index contributed by atoms with van der Waals surface area (Å²) in [5, 5.41) is 1.54. The highest BCUT2D eigenvalue weighted by Crippen LogP contribution is 2.44. The molecule has 0 bridgehead atoms. The summed E-state index contributed by atoms with van der Waals surface area (Å²) in [6.45, 7) is 9.55. The van der Waals surface area contributed by atoms with E-state index in [1.54, 1.807) is 42.1 Å². The smallest absolute Gasteiger partial charge is 0.295 e. The fourth-order valence-corrected chi connectivity index (χ4v) is 11.6. The standard InChI is InChI=1S/C53H50N2O6S4/c1-36-16-13-17-37(2)52(36)54(28-14-30-62-42-18-7-5-8-19-42)40-24-26-45-48(34-40)61-49-35-41(25-27-46(49)51(45)47-22-11-12-23-50(47)65(58,59)60)55(29-15-31-63-43-20-9-6-10-21-43)53-38(3)32-44(64(56)57)33-39(53)4/h5-13,16-27,32-35H,14-15,28-31H2,1-4H3,(H-,56,57,58,59,60)/p+1. The first-order valence-electron chi connectivity index (χ1n) is 21.5. The molecule has 2 aliphatic rings. The summed E-state index contributed by atoms with van der Waals surface area (Å²) in [6, 6.07) is 49.2. The van der Waals surface area contributed by atoms with Crippen molar-refractivity contribution in [2.45, 2.75) is 60.1 Å². The van der Waals surface area contributed by atoms with Crippen molar-refractivity contribution in [3.8, 4) is 22.5 Å². The van der Waals surface area contributed by atoms with E-state index in [1.165, 1.54) is 15.9 Å². The van der Waals surface area contributed by atoms with Crippen LogP contribution < -0.4 is 14.8 Å². The Morgan fingerprint density at radius 3 is 1.91 bits per heavy atom. The van der Waals surface area contributed by atoms with Crippen molar-refractivity contribution in [2.75, 3.05) is 29.5 Å². The number of anilines is 2. The lowest BCUT2D eigenvalue weighted by Crippen LogP contribution is -2.28. The van der Waals surface area contributed by atoms with Gasteiger partial charge in [0, 0.05) is 85.2 Å². The number of benzene rings is 7. The van der Waals surface area contributed by atoms with E-state index in [1.807, 2.05) is 80.2 Å². The van der Waals surface area contributed by atoms with E-state index in [0.29, 0.717) is 44.9 Å². The minimum absolute atomic E-state index is 0.194. The van der Waals surface area contributed by atoms with E-state index in [2.05, 4.69) is 84.0 Å². The van der Waals surface area contributed by atoms with Gasteiger partial charge in [-0.1, -0.05) is 72.8 Å². The molecule has 1 heterocycles. The lowest BCUT2D eigenvalue weighted by Gasteiger charge is -2.29. The van der Waals surface area contributed by atoms with Crippen LogP contribution >= 0.6 is 23.5 Å². The summed E-state index contributed by atoms with van der Waals surface area (Å²) in [6.07, 6.45) is 1.73. The minimum atomic E-state index is -4.62. The molecule has 0 amide bonds. The Labute approximate surface area is 392 Å². The molecule has 0 radical (unpaired) electrons. The molecule has 1 aliphatic heterocycles. The maximum atomic E-state index is 13.0. The highest BCUT2D eigenvalue weighted by Gasteiger charge is 2.26. The number of thioether (sulfide) groups is 2. The number of aryl methyl sites for hydroxylation is 4. The van der Waals surface area contributed by atoms with Gasteiger partial charge in [0.25, 0.3) is 10.1 Å². The van der Waals surface area contributed by atoms with Crippen molar-refractivity contribution in [1.82, 2.24) is 4.58 Å². The average molecular weight is 940 g/mol. The second-order valence-electron chi connectivity index (χ2n) is 16.0. The topological polar surface area (TPSA) is 111 Å². The van der Waals surface area contributed by atoms with Gasteiger partial charge in [-0.2, -0.15) is 13.0 Å². The molecule has 8 nitrogen and oxygen atoms in total. The first-order valence-corrected chi connectivity index (χ1v) is 26.0. The number of hydrogen-bond donors (Lipinski definition) is 2. The molecule has 12 heteroatoms. The van der Waals surface area contributed by atoms with E-state index >= 15 is 0 Å². The quantitative estimate of drug-likeness (QED) is 0.0244. The van der Waals surface area contributed by atoms with Crippen LogP contribution in [0.5, 0.6) is 0 Å². The minimum Gasteiger partial charge on any atom is -0.456 e. The van der Waals surface area contributed by atoms with Crippen LogP contribution in [0.1, 0.15) is 35.1 Å². The van der Waals surface area contributed by atoms with Gasteiger partial charge in [0.2, 0.25) is 11.0 Å². The van der Waals surface area contributed by atoms with Crippen molar-refractivity contribution in [3.05, 3.63) is 179 Å². The molecular formula is C53H51N2O6S4+. The van der Waals surface area contributed by atoms with E-state index in [9.17, 15) is 21.7 Å². The summed E-state index contributed by atoms with van der Waals surface area (Å²) < 4.78 is 68.0. The van der Waals surface area contributed by atoms with Crippen LogP contribution in [0.15, 0.2) is 176 Å². The molecule has 6 aromatic carbocycles. The van der Waals surface area contributed by atoms with Crippen LogP contribution in [-0.2, 0) is 21.2 Å². The van der Waals surface area contributed by atoms with Crippen molar-refractivity contribution in [1.29, 1.82) is 0 Å². The largest absolute Gasteiger partial charge is 0.456 e. The van der Waals surface area contributed by atoms with Gasteiger partial charge < -0.3 is 13.9 Å². The van der Waals surface area contributed by atoms with Crippen molar-refractivity contribution in [3.63, 3.8) is 0 Å². The van der Waals surface area contributed by atoms with Gasteiger partial charge in [-0.05, 0) is 112 Å². The highest BCUT2D eigenvalue weighted by atomic mass is 32.2. The average Bonchev–Trinajstić information content (AvgIpc) is 3.29. The molecule has 1 aliphatic carbocycles. The fourth-order valence-electron chi connectivity index (χ4n) is 8.66. The maximum Gasteiger partial charge on any atom is 0.295 e. The molecule has 8 rings (SSSR count). The fraction of sp³-hybridized carbons (Fsp3) is 0.189. The Morgan fingerprint density at radius 1 is 0.662 bits per heavy atom. The molecule has 65 heavy (non-hydrogen) atoms. The molecule has 0 saturated carbocycles. The maximum absolute atomic E-state index is 13.0. The number of para-hydroxylation sites is 1. The molecular weight excluding hydrogens is 889 g/mol. The van der Waals surface area contributed by atoms with Gasteiger partial charge in [0.1, 0.15) is 22.8 Å². The number of rotatable bonds is 16. The first-order chi connectivity index (χ1) is 31.4. The molecule has 0 fully saturated rings. The first kappa shape index (κ1) is 46.1. The van der Waals surface area contributed by atoms with Crippen LogP contribution in [-0.4, -0.2) is 46.3 Å². The molecule has 6 aromatic rings. The third-order valence-corrected chi connectivity index (χ3v) is 15.2. The number of hydrogen-bond acceptors (Lipinski definition) is 7. The van der Waals surface area contributed by atoms with Crippen LogP contribution in [0.4, 0.5) is 17.1 Å². The van der Waals surface area contributed by atoms with Crippen LogP contribution in [0.2, 0.25) is 0 Å². The van der Waals surface area contributed by atoms with Crippen LogP contribution in [0.25, 0.3) is 33.4 Å². The van der Waals surface area contributed by atoms with Crippen molar-refractivity contribution < 1.29 is 26.1 Å². The van der Waals surface area contributed by atoms with Gasteiger partial charge in [-0.25, -0.2) is 4.21 Å². The molecule has 1 unspecified atom stereocenters.